The number of thiazole rings is 1. The first kappa shape index (κ1) is 11.1. The van der Waals surface area contributed by atoms with Gasteiger partial charge in [-0.05, 0) is 51.0 Å². The van der Waals surface area contributed by atoms with Crippen molar-refractivity contribution in [1.29, 1.82) is 0 Å². The third-order valence-corrected chi connectivity index (χ3v) is 4.30. The first-order valence-electron chi connectivity index (χ1n) is 6.01. The summed E-state index contributed by atoms with van der Waals surface area (Å²) < 4.78 is 0. The molecule has 0 aromatic carbocycles. The molecule has 2 rings (SSSR count). The second-order valence-corrected chi connectivity index (χ2v) is 5.58. The lowest BCUT2D eigenvalue weighted by Crippen LogP contribution is -2.16. The van der Waals surface area contributed by atoms with Gasteiger partial charge in [0.05, 0.1) is 10.7 Å². The van der Waals surface area contributed by atoms with E-state index in [4.69, 9.17) is 10.7 Å². The lowest BCUT2D eigenvalue weighted by atomic mass is 9.89. The molecule has 0 saturated heterocycles. The SMILES string of the molecule is CCCc1nc2c(s1)CC(CCN)CC2. The minimum absolute atomic E-state index is 0.817. The zero-order valence-corrected chi connectivity index (χ0v) is 10.3. The molecular weight excluding hydrogens is 204 g/mol. The number of fused-ring (bicyclic) bond motifs is 1. The molecule has 1 aromatic heterocycles. The van der Waals surface area contributed by atoms with Crippen LogP contribution >= 0.6 is 11.3 Å². The van der Waals surface area contributed by atoms with Gasteiger partial charge in [0, 0.05) is 4.88 Å². The first-order chi connectivity index (χ1) is 7.33. The zero-order chi connectivity index (χ0) is 10.7. The standard InChI is InChI=1S/C12H20N2S/c1-2-3-12-14-10-5-4-9(6-7-13)8-11(10)15-12/h9H,2-8,13H2,1H3. The highest BCUT2D eigenvalue weighted by atomic mass is 32.1. The van der Waals surface area contributed by atoms with Crippen LogP contribution in [0.25, 0.3) is 0 Å². The molecule has 1 aromatic rings. The van der Waals surface area contributed by atoms with Crippen molar-refractivity contribution in [1.82, 2.24) is 4.98 Å². The topological polar surface area (TPSA) is 38.9 Å². The van der Waals surface area contributed by atoms with Gasteiger partial charge in [0.15, 0.2) is 0 Å². The molecule has 2 N–H and O–H groups in total. The molecule has 15 heavy (non-hydrogen) atoms. The molecule has 0 spiro atoms. The average Bonchev–Trinajstić information content (AvgIpc) is 2.60. The summed E-state index contributed by atoms with van der Waals surface area (Å²) in [6, 6.07) is 0. The number of aryl methyl sites for hydroxylation is 2. The van der Waals surface area contributed by atoms with Gasteiger partial charge < -0.3 is 5.73 Å². The van der Waals surface area contributed by atoms with Crippen molar-refractivity contribution in [2.45, 2.75) is 45.4 Å². The van der Waals surface area contributed by atoms with Crippen molar-refractivity contribution in [3.63, 3.8) is 0 Å². The van der Waals surface area contributed by atoms with E-state index in [-0.39, 0.29) is 0 Å². The summed E-state index contributed by atoms with van der Waals surface area (Å²) >= 11 is 1.94. The van der Waals surface area contributed by atoms with E-state index in [2.05, 4.69) is 6.92 Å². The molecule has 1 unspecified atom stereocenters. The number of rotatable bonds is 4. The summed E-state index contributed by atoms with van der Waals surface area (Å²) in [6.07, 6.45) is 7.24. The molecule has 1 atom stereocenters. The monoisotopic (exact) mass is 224 g/mol. The maximum atomic E-state index is 5.62. The summed E-state index contributed by atoms with van der Waals surface area (Å²) in [7, 11) is 0. The van der Waals surface area contributed by atoms with Crippen LogP contribution in [0.4, 0.5) is 0 Å². The van der Waals surface area contributed by atoms with Crippen LogP contribution in [-0.2, 0) is 19.3 Å². The number of nitrogens with zero attached hydrogens (tertiary/aromatic N) is 1. The smallest absolute Gasteiger partial charge is 0.0931 e. The van der Waals surface area contributed by atoms with Gasteiger partial charge in [0.2, 0.25) is 0 Å². The molecule has 0 bridgehead atoms. The predicted molar refractivity (Wildman–Crippen MR) is 65.3 cm³/mol. The Morgan fingerprint density at radius 3 is 3.13 bits per heavy atom. The van der Waals surface area contributed by atoms with Gasteiger partial charge in [0.25, 0.3) is 0 Å². The van der Waals surface area contributed by atoms with Crippen LogP contribution in [0.5, 0.6) is 0 Å². The first-order valence-corrected chi connectivity index (χ1v) is 6.82. The van der Waals surface area contributed by atoms with E-state index in [0.717, 1.165) is 18.9 Å². The van der Waals surface area contributed by atoms with Crippen molar-refractivity contribution in [3.8, 4) is 0 Å². The summed E-state index contributed by atoms with van der Waals surface area (Å²) in [6.45, 7) is 3.05. The third-order valence-electron chi connectivity index (χ3n) is 3.12. The summed E-state index contributed by atoms with van der Waals surface area (Å²) in [5.41, 5.74) is 7.01. The quantitative estimate of drug-likeness (QED) is 0.853. The predicted octanol–water partition coefficient (Wildman–Crippen LogP) is 2.55. The molecule has 84 valence electrons. The lowest BCUT2D eigenvalue weighted by Gasteiger charge is -2.19. The third kappa shape index (κ3) is 2.58. The van der Waals surface area contributed by atoms with Gasteiger partial charge in [0.1, 0.15) is 0 Å². The largest absolute Gasteiger partial charge is 0.330 e. The van der Waals surface area contributed by atoms with E-state index < -0.39 is 0 Å². The Bertz CT molecular complexity index is 319. The molecule has 0 fully saturated rings. The summed E-state index contributed by atoms with van der Waals surface area (Å²) in [4.78, 5) is 6.27. The van der Waals surface area contributed by atoms with Crippen molar-refractivity contribution >= 4 is 11.3 Å². The molecule has 1 heterocycles. The minimum Gasteiger partial charge on any atom is -0.330 e. The Hall–Kier alpha value is -0.410. The second kappa shape index (κ2) is 5.08. The van der Waals surface area contributed by atoms with E-state index >= 15 is 0 Å². The van der Waals surface area contributed by atoms with Gasteiger partial charge in [-0.25, -0.2) is 4.98 Å². The van der Waals surface area contributed by atoms with Crippen molar-refractivity contribution in [2.24, 2.45) is 11.7 Å². The molecular formula is C12H20N2S. The number of hydrogen-bond acceptors (Lipinski definition) is 3. The fourth-order valence-electron chi connectivity index (χ4n) is 2.30. The highest BCUT2D eigenvalue weighted by molar-refractivity contribution is 7.11. The molecule has 3 heteroatoms. The number of aromatic nitrogens is 1. The Kier molecular flexibility index (Phi) is 3.76. The van der Waals surface area contributed by atoms with Crippen LogP contribution in [0.15, 0.2) is 0 Å². The van der Waals surface area contributed by atoms with Crippen LogP contribution in [0, 0.1) is 5.92 Å². The highest BCUT2D eigenvalue weighted by Gasteiger charge is 2.21. The normalized spacial score (nSPS) is 20.3. The zero-order valence-electron chi connectivity index (χ0n) is 9.46. The molecule has 0 aliphatic heterocycles. The Morgan fingerprint density at radius 1 is 1.53 bits per heavy atom. The van der Waals surface area contributed by atoms with E-state index in [1.807, 2.05) is 11.3 Å². The maximum absolute atomic E-state index is 5.62. The van der Waals surface area contributed by atoms with Gasteiger partial charge >= 0.3 is 0 Å². The van der Waals surface area contributed by atoms with Crippen molar-refractivity contribution in [3.05, 3.63) is 15.6 Å². The Morgan fingerprint density at radius 2 is 2.40 bits per heavy atom. The van der Waals surface area contributed by atoms with E-state index in [1.54, 1.807) is 4.88 Å². The Labute approximate surface area is 95.9 Å². The highest BCUT2D eigenvalue weighted by Crippen LogP contribution is 2.31. The molecule has 0 amide bonds. The van der Waals surface area contributed by atoms with Crippen LogP contribution in [0.2, 0.25) is 0 Å². The molecule has 0 radical (unpaired) electrons. The summed E-state index contributed by atoms with van der Waals surface area (Å²) in [5.74, 6) is 0.817. The molecule has 1 aliphatic rings. The van der Waals surface area contributed by atoms with Gasteiger partial charge in [-0.15, -0.1) is 11.3 Å². The Balaban J connectivity index is 2.05. The molecule has 0 saturated carbocycles. The van der Waals surface area contributed by atoms with Gasteiger partial charge in [-0.2, -0.15) is 0 Å². The lowest BCUT2D eigenvalue weighted by molar-refractivity contribution is 0.434. The molecule has 1 aliphatic carbocycles. The van der Waals surface area contributed by atoms with E-state index in [0.29, 0.717) is 0 Å². The number of hydrogen-bond donors (Lipinski definition) is 1. The van der Waals surface area contributed by atoms with Gasteiger partial charge in [-0.3, -0.25) is 0 Å². The van der Waals surface area contributed by atoms with Crippen LogP contribution in [0.3, 0.4) is 0 Å². The van der Waals surface area contributed by atoms with Crippen LogP contribution in [0.1, 0.15) is 41.8 Å². The fraction of sp³-hybridized carbons (Fsp3) is 0.750. The van der Waals surface area contributed by atoms with Crippen molar-refractivity contribution < 1.29 is 0 Å². The van der Waals surface area contributed by atoms with Gasteiger partial charge in [-0.1, -0.05) is 6.92 Å². The minimum atomic E-state index is 0.817. The van der Waals surface area contributed by atoms with Crippen LogP contribution in [-0.4, -0.2) is 11.5 Å². The van der Waals surface area contributed by atoms with Crippen LogP contribution < -0.4 is 5.73 Å². The number of nitrogens with two attached hydrogens (primary N) is 1. The summed E-state index contributed by atoms with van der Waals surface area (Å²) in [5, 5.41) is 1.34. The van der Waals surface area contributed by atoms with Crippen molar-refractivity contribution in [2.75, 3.05) is 6.54 Å². The molecule has 2 nitrogen and oxygen atoms in total. The second-order valence-electron chi connectivity index (χ2n) is 4.41. The maximum Gasteiger partial charge on any atom is 0.0931 e. The fourth-order valence-corrected chi connectivity index (χ4v) is 3.63. The van der Waals surface area contributed by atoms with E-state index in [1.165, 1.54) is 42.8 Å². The van der Waals surface area contributed by atoms with E-state index in [9.17, 15) is 0 Å². The average molecular weight is 224 g/mol.